The molecule has 1 N–H and O–H groups in total. The van der Waals surface area contributed by atoms with Gasteiger partial charge in [-0.15, -0.1) is 11.3 Å². The van der Waals surface area contributed by atoms with Gasteiger partial charge < -0.3 is 5.32 Å². The van der Waals surface area contributed by atoms with Gasteiger partial charge >= 0.3 is 0 Å². The molecule has 2 aliphatic rings. The summed E-state index contributed by atoms with van der Waals surface area (Å²) in [5.41, 5.74) is 0.890. The van der Waals surface area contributed by atoms with Crippen molar-refractivity contribution in [3.8, 4) is 0 Å². The van der Waals surface area contributed by atoms with Crippen LogP contribution < -0.4 is 5.32 Å². The first-order chi connectivity index (χ1) is 9.54. The Bertz CT molecular complexity index is 586. The van der Waals surface area contributed by atoms with Gasteiger partial charge in [0.2, 0.25) is 10.0 Å². The third kappa shape index (κ3) is 2.79. The minimum atomic E-state index is -3.33. The van der Waals surface area contributed by atoms with Crippen LogP contribution in [-0.4, -0.2) is 32.4 Å². The quantitative estimate of drug-likeness (QED) is 0.840. The molecule has 112 valence electrons. The van der Waals surface area contributed by atoms with E-state index >= 15 is 0 Å². The molecule has 0 aromatic carbocycles. The van der Waals surface area contributed by atoms with Gasteiger partial charge in [0.15, 0.2) is 0 Å². The topological polar surface area (TPSA) is 49.4 Å². The fourth-order valence-corrected chi connectivity index (χ4v) is 6.13. The standard InChI is InChI=1S/C14H22N2O2S2/c1-10-9-19-13(7-15-2)14(10)20(17,18)16(12-5-6-12)8-11-3-4-11/h9,11-12,15H,3-8H2,1-2H3. The van der Waals surface area contributed by atoms with Crippen LogP contribution in [0.4, 0.5) is 0 Å². The van der Waals surface area contributed by atoms with E-state index < -0.39 is 10.0 Å². The van der Waals surface area contributed by atoms with Crippen molar-refractivity contribution in [1.82, 2.24) is 9.62 Å². The first-order valence-electron chi connectivity index (χ1n) is 7.27. The van der Waals surface area contributed by atoms with Crippen molar-refractivity contribution in [3.05, 3.63) is 15.8 Å². The Kier molecular flexibility index (Phi) is 3.92. The molecule has 0 spiro atoms. The van der Waals surface area contributed by atoms with Crippen molar-refractivity contribution >= 4 is 21.4 Å². The van der Waals surface area contributed by atoms with Crippen molar-refractivity contribution in [1.29, 1.82) is 0 Å². The Hall–Kier alpha value is -0.430. The molecular formula is C14H22N2O2S2. The lowest BCUT2D eigenvalue weighted by molar-refractivity contribution is 0.388. The SMILES string of the molecule is CNCc1scc(C)c1S(=O)(=O)N(CC1CC1)C1CC1. The third-order valence-corrected chi connectivity index (χ3v) is 7.37. The van der Waals surface area contributed by atoms with E-state index in [2.05, 4.69) is 5.32 Å². The molecule has 6 heteroatoms. The van der Waals surface area contributed by atoms with E-state index in [1.807, 2.05) is 19.4 Å². The Morgan fingerprint density at radius 2 is 2.05 bits per heavy atom. The second kappa shape index (κ2) is 5.40. The monoisotopic (exact) mass is 314 g/mol. The summed E-state index contributed by atoms with van der Waals surface area (Å²) in [7, 11) is -1.47. The predicted octanol–water partition coefficient (Wildman–Crippen LogP) is 2.34. The van der Waals surface area contributed by atoms with Gasteiger partial charge in [-0.2, -0.15) is 4.31 Å². The highest BCUT2D eigenvalue weighted by Gasteiger charge is 2.42. The molecule has 0 amide bonds. The number of sulfonamides is 1. The van der Waals surface area contributed by atoms with Gasteiger partial charge in [0.05, 0.1) is 0 Å². The molecule has 0 bridgehead atoms. The summed E-state index contributed by atoms with van der Waals surface area (Å²) in [5.74, 6) is 0.595. The van der Waals surface area contributed by atoms with E-state index in [1.165, 1.54) is 12.8 Å². The van der Waals surface area contributed by atoms with E-state index in [4.69, 9.17) is 0 Å². The molecule has 0 radical (unpaired) electrons. The molecule has 0 unspecified atom stereocenters. The molecule has 1 heterocycles. The number of nitrogens with zero attached hydrogens (tertiary/aromatic N) is 1. The molecule has 0 saturated heterocycles. The highest BCUT2D eigenvalue weighted by molar-refractivity contribution is 7.89. The lowest BCUT2D eigenvalue weighted by atomic mass is 10.3. The average molecular weight is 314 g/mol. The highest BCUT2D eigenvalue weighted by Crippen LogP contribution is 2.40. The van der Waals surface area contributed by atoms with Crippen LogP contribution in [0.15, 0.2) is 10.3 Å². The number of hydrogen-bond acceptors (Lipinski definition) is 4. The molecule has 2 fully saturated rings. The van der Waals surface area contributed by atoms with Crippen molar-refractivity contribution < 1.29 is 8.42 Å². The van der Waals surface area contributed by atoms with Gasteiger partial charge in [0.1, 0.15) is 4.90 Å². The summed E-state index contributed by atoms with van der Waals surface area (Å²) in [6.45, 7) is 3.25. The van der Waals surface area contributed by atoms with E-state index in [0.29, 0.717) is 17.4 Å². The summed E-state index contributed by atoms with van der Waals surface area (Å²) in [5, 5.41) is 5.03. The Labute approximate surface area is 125 Å². The van der Waals surface area contributed by atoms with E-state index in [1.54, 1.807) is 15.6 Å². The first kappa shape index (κ1) is 14.5. The fourth-order valence-electron chi connectivity index (χ4n) is 2.59. The van der Waals surface area contributed by atoms with Crippen molar-refractivity contribution in [2.24, 2.45) is 5.92 Å². The molecule has 0 atom stereocenters. The smallest absolute Gasteiger partial charge is 0.244 e. The molecule has 3 rings (SSSR count). The van der Waals surface area contributed by atoms with Gasteiger partial charge in [-0.25, -0.2) is 8.42 Å². The number of nitrogens with one attached hydrogen (secondary N) is 1. The maximum Gasteiger partial charge on any atom is 0.244 e. The molecular weight excluding hydrogens is 292 g/mol. The summed E-state index contributed by atoms with van der Waals surface area (Å²) in [6, 6.07) is 0.252. The van der Waals surface area contributed by atoms with Crippen LogP contribution in [-0.2, 0) is 16.6 Å². The zero-order valence-electron chi connectivity index (χ0n) is 12.1. The molecule has 2 aliphatic carbocycles. The van der Waals surface area contributed by atoms with Crippen LogP contribution in [0.3, 0.4) is 0 Å². The zero-order valence-corrected chi connectivity index (χ0v) is 13.7. The lowest BCUT2D eigenvalue weighted by Crippen LogP contribution is -2.35. The van der Waals surface area contributed by atoms with Gasteiger partial charge in [0, 0.05) is 24.0 Å². The van der Waals surface area contributed by atoms with Crippen LogP contribution in [0, 0.1) is 12.8 Å². The lowest BCUT2D eigenvalue weighted by Gasteiger charge is -2.22. The average Bonchev–Trinajstić information content (AvgIpc) is 3.27. The zero-order chi connectivity index (χ0) is 14.3. The van der Waals surface area contributed by atoms with E-state index in [9.17, 15) is 8.42 Å². The Balaban J connectivity index is 1.94. The maximum atomic E-state index is 13.1. The number of rotatable bonds is 7. The van der Waals surface area contributed by atoms with E-state index in [-0.39, 0.29) is 6.04 Å². The summed E-state index contributed by atoms with van der Waals surface area (Å²) in [6.07, 6.45) is 4.42. The van der Waals surface area contributed by atoms with Crippen LogP contribution in [0.1, 0.15) is 36.1 Å². The molecule has 1 aromatic rings. The van der Waals surface area contributed by atoms with Crippen LogP contribution in [0.25, 0.3) is 0 Å². The minimum Gasteiger partial charge on any atom is -0.315 e. The van der Waals surface area contributed by atoms with Crippen LogP contribution in [0.2, 0.25) is 0 Å². The summed E-state index contributed by atoms with van der Waals surface area (Å²) in [4.78, 5) is 1.50. The fraction of sp³-hybridized carbons (Fsp3) is 0.714. The molecule has 20 heavy (non-hydrogen) atoms. The van der Waals surface area contributed by atoms with Gasteiger partial charge in [-0.1, -0.05) is 0 Å². The maximum absolute atomic E-state index is 13.1. The van der Waals surface area contributed by atoms with Crippen LogP contribution in [0.5, 0.6) is 0 Å². The second-order valence-electron chi connectivity index (χ2n) is 5.95. The molecule has 4 nitrogen and oxygen atoms in total. The predicted molar refractivity (Wildman–Crippen MR) is 81.5 cm³/mol. The first-order valence-corrected chi connectivity index (χ1v) is 9.59. The van der Waals surface area contributed by atoms with Crippen molar-refractivity contribution in [2.75, 3.05) is 13.6 Å². The largest absolute Gasteiger partial charge is 0.315 e. The van der Waals surface area contributed by atoms with Gasteiger partial charge in [0.25, 0.3) is 0 Å². The number of aryl methyl sites for hydroxylation is 1. The van der Waals surface area contributed by atoms with Crippen molar-refractivity contribution in [3.63, 3.8) is 0 Å². The van der Waals surface area contributed by atoms with Gasteiger partial charge in [-0.05, 0) is 56.5 Å². The molecule has 2 saturated carbocycles. The normalized spacial score (nSPS) is 19.8. The van der Waals surface area contributed by atoms with Crippen molar-refractivity contribution in [2.45, 2.75) is 50.1 Å². The Morgan fingerprint density at radius 3 is 2.60 bits per heavy atom. The Morgan fingerprint density at radius 1 is 1.35 bits per heavy atom. The number of hydrogen-bond donors (Lipinski definition) is 1. The highest BCUT2D eigenvalue weighted by atomic mass is 32.2. The van der Waals surface area contributed by atoms with Crippen LogP contribution >= 0.6 is 11.3 Å². The van der Waals surface area contributed by atoms with E-state index in [0.717, 1.165) is 29.8 Å². The summed E-state index contributed by atoms with van der Waals surface area (Å²) < 4.78 is 27.9. The summed E-state index contributed by atoms with van der Waals surface area (Å²) >= 11 is 1.54. The second-order valence-corrected chi connectivity index (χ2v) is 8.74. The minimum absolute atomic E-state index is 0.252. The molecule has 1 aromatic heterocycles. The molecule has 0 aliphatic heterocycles. The third-order valence-electron chi connectivity index (χ3n) is 3.98. The number of thiophene rings is 1. The van der Waals surface area contributed by atoms with Gasteiger partial charge in [-0.3, -0.25) is 0 Å².